The van der Waals surface area contributed by atoms with Gasteiger partial charge in [0.2, 0.25) is 0 Å². The van der Waals surface area contributed by atoms with Gasteiger partial charge in [-0.2, -0.15) is 0 Å². The first kappa shape index (κ1) is 17.9. The zero-order valence-electron chi connectivity index (χ0n) is 15.8. The first-order valence-electron chi connectivity index (χ1n) is 8.59. The summed E-state index contributed by atoms with van der Waals surface area (Å²) in [5.74, 6) is -0.595. The summed E-state index contributed by atoms with van der Waals surface area (Å²) in [7, 11) is 1.35. The molecular formula is C22H23NO3. The summed E-state index contributed by atoms with van der Waals surface area (Å²) in [5.41, 5.74) is 3.49. The van der Waals surface area contributed by atoms with Crippen LogP contribution in [-0.2, 0) is 10.2 Å². The molecule has 0 N–H and O–H groups in total. The van der Waals surface area contributed by atoms with Gasteiger partial charge in [0, 0.05) is 16.6 Å². The van der Waals surface area contributed by atoms with Crippen LogP contribution in [0.15, 0.2) is 48.5 Å². The molecule has 1 heterocycles. The second-order valence-electron chi connectivity index (χ2n) is 7.44. The zero-order valence-corrected chi connectivity index (χ0v) is 15.8. The van der Waals surface area contributed by atoms with Gasteiger partial charge in [-0.3, -0.25) is 9.36 Å². The molecule has 0 saturated heterocycles. The Bertz CT molecular complexity index is 989. The Hall–Kier alpha value is -2.88. The maximum absolute atomic E-state index is 13.2. The molecule has 0 unspecified atom stereocenters. The molecule has 0 saturated carbocycles. The van der Waals surface area contributed by atoms with Crippen molar-refractivity contribution in [3.63, 3.8) is 0 Å². The van der Waals surface area contributed by atoms with Crippen molar-refractivity contribution in [2.75, 3.05) is 7.11 Å². The third-order valence-corrected chi connectivity index (χ3v) is 4.70. The lowest BCUT2D eigenvalue weighted by molar-refractivity contribution is 0.0602. The highest BCUT2D eigenvalue weighted by atomic mass is 16.5. The van der Waals surface area contributed by atoms with Crippen LogP contribution in [0.25, 0.3) is 10.9 Å². The zero-order chi connectivity index (χ0) is 19.1. The Morgan fingerprint density at radius 1 is 0.962 bits per heavy atom. The number of hydrogen-bond acceptors (Lipinski definition) is 3. The van der Waals surface area contributed by atoms with Crippen molar-refractivity contribution in [3.05, 3.63) is 70.9 Å². The average molecular weight is 349 g/mol. The number of rotatable bonds is 2. The minimum Gasteiger partial charge on any atom is -0.465 e. The summed E-state index contributed by atoms with van der Waals surface area (Å²) in [6.07, 6.45) is 0. The molecule has 3 aromatic rings. The number of nitrogens with zero attached hydrogens (tertiary/aromatic N) is 1. The van der Waals surface area contributed by atoms with E-state index >= 15 is 0 Å². The van der Waals surface area contributed by atoms with Gasteiger partial charge in [0.25, 0.3) is 5.91 Å². The summed E-state index contributed by atoms with van der Waals surface area (Å²) in [6.45, 7) is 8.18. The standard InChI is InChI=1S/C22H23NO3/c1-14-19(21(25)26-5)17-8-6-7-9-18(17)23(14)20(24)15-10-12-16(13-11-15)22(2,3)4/h6-13H,1-5H3. The fourth-order valence-corrected chi connectivity index (χ4v) is 3.23. The second kappa shape index (κ2) is 6.45. The van der Waals surface area contributed by atoms with E-state index in [9.17, 15) is 9.59 Å². The van der Waals surface area contributed by atoms with Crippen LogP contribution in [0, 0.1) is 6.92 Å². The van der Waals surface area contributed by atoms with Gasteiger partial charge in [-0.15, -0.1) is 0 Å². The Kier molecular flexibility index (Phi) is 4.45. The molecular weight excluding hydrogens is 326 g/mol. The Balaban J connectivity index is 2.15. The third-order valence-electron chi connectivity index (χ3n) is 4.70. The first-order chi connectivity index (χ1) is 12.3. The van der Waals surface area contributed by atoms with E-state index in [1.807, 2.05) is 48.5 Å². The van der Waals surface area contributed by atoms with E-state index in [2.05, 4.69) is 20.8 Å². The predicted molar refractivity (Wildman–Crippen MR) is 103 cm³/mol. The van der Waals surface area contributed by atoms with Crippen molar-refractivity contribution in [1.29, 1.82) is 0 Å². The Labute approximate surface area is 153 Å². The SMILES string of the molecule is COC(=O)c1c(C)n(C(=O)c2ccc(C(C)(C)C)cc2)c2ccccc12. The first-order valence-corrected chi connectivity index (χ1v) is 8.59. The molecule has 134 valence electrons. The van der Waals surface area contributed by atoms with Gasteiger partial charge in [-0.05, 0) is 36.1 Å². The monoisotopic (exact) mass is 349 g/mol. The molecule has 0 aliphatic rings. The van der Waals surface area contributed by atoms with Gasteiger partial charge < -0.3 is 4.74 Å². The number of ether oxygens (including phenoxy) is 1. The Morgan fingerprint density at radius 3 is 2.15 bits per heavy atom. The highest BCUT2D eigenvalue weighted by Gasteiger charge is 2.24. The van der Waals surface area contributed by atoms with Crippen LogP contribution in [-0.4, -0.2) is 23.6 Å². The van der Waals surface area contributed by atoms with Gasteiger partial charge in [0.05, 0.1) is 18.2 Å². The second-order valence-corrected chi connectivity index (χ2v) is 7.44. The average Bonchev–Trinajstić information content (AvgIpc) is 2.91. The largest absolute Gasteiger partial charge is 0.465 e. The Morgan fingerprint density at radius 2 is 1.58 bits per heavy atom. The van der Waals surface area contributed by atoms with Crippen molar-refractivity contribution in [3.8, 4) is 0 Å². The van der Waals surface area contributed by atoms with E-state index < -0.39 is 5.97 Å². The van der Waals surface area contributed by atoms with E-state index in [1.54, 1.807) is 11.5 Å². The molecule has 4 nitrogen and oxygen atoms in total. The van der Waals surface area contributed by atoms with Gasteiger partial charge in [0.15, 0.2) is 0 Å². The molecule has 1 aromatic heterocycles. The molecule has 0 radical (unpaired) electrons. The summed E-state index contributed by atoms with van der Waals surface area (Å²) in [5, 5.41) is 0.719. The molecule has 3 rings (SSSR count). The molecule has 2 aromatic carbocycles. The molecule has 0 spiro atoms. The lowest BCUT2D eigenvalue weighted by Crippen LogP contribution is -2.16. The third kappa shape index (κ3) is 2.92. The maximum Gasteiger partial charge on any atom is 0.340 e. The highest BCUT2D eigenvalue weighted by molar-refractivity contribution is 6.11. The van der Waals surface area contributed by atoms with Crippen molar-refractivity contribution in [2.24, 2.45) is 0 Å². The maximum atomic E-state index is 13.2. The molecule has 4 heteroatoms. The minimum atomic E-state index is -0.437. The number of esters is 1. The van der Waals surface area contributed by atoms with Gasteiger partial charge in [-0.1, -0.05) is 51.1 Å². The quantitative estimate of drug-likeness (QED) is 0.629. The molecule has 0 bridgehead atoms. The van der Waals surface area contributed by atoms with Crippen molar-refractivity contribution in [1.82, 2.24) is 4.57 Å². The molecule has 0 aliphatic heterocycles. The highest BCUT2D eigenvalue weighted by Crippen LogP contribution is 2.28. The van der Waals surface area contributed by atoms with E-state index in [4.69, 9.17) is 4.74 Å². The molecule has 0 aliphatic carbocycles. The molecule has 0 atom stereocenters. The van der Waals surface area contributed by atoms with E-state index in [0.717, 1.165) is 5.39 Å². The minimum absolute atomic E-state index is 0.0235. The van der Waals surface area contributed by atoms with Crippen molar-refractivity contribution < 1.29 is 14.3 Å². The lowest BCUT2D eigenvalue weighted by Gasteiger charge is -2.19. The van der Waals surface area contributed by atoms with Gasteiger partial charge in [-0.25, -0.2) is 4.79 Å². The van der Waals surface area contributed by atoms with Crippen LogP contribution in [0.1, 0.15) is 52.7 Å². The van der Waals surface area contributed by atoms with Crippen LogP contribution in [0.2, 0.25) is 0 Å². The smallest absolute Gasteiger partial charge is 0.340 e. The number of fused-ring (bicyclic) bond motifs is 1. The summed E-state index contributed by atoms with van der Waals surface area (Å²) in [4.78, 5) is 25.4. The lowest BCUT2D eigenvalue weighted by atomic mass is 9.86. The number of benzene rings is 2. The fraction of sp³-hybridized carbons (Fsp3) is 0.273. The molecule has 0 amide bonds. The number of aromatic nitrogens is 1. The predicted octanol–water partition coefficient (Wildman–Crippen LogP) is 4.72. The number of carbonyl (C=O) groups is 2. The van der Waals surface area contributed by atoms with Crippen LogP contribution in [0.4, 0.5) is 0 Å². The summed E-state index contributed by atoms with van der Waals surface area (Å²) < 4.78 is 6.50. The van der Waals surface area contributed by atoms with Crippen molar-refractivity contribution >= 4 is 22.8 Å². The van der Waals surface area contributed by atoms with E-state index in [0.29, 0.717) is 22.3 Å². The van der Waals surface area contributed by atoms with Gasteiger partial charge in [0.1, 0.15) is 0 Å². The summed E-state index contributed by atoms with van der Waals surface area (Å²) in [6, 6.07) is 15.0. The van der Waals surface area contributed by atoms with Crippen LogP contribution in [0.5, 0.6) is 0 Å². The van der Waals surface area contributed by atoms with E-state index in [1.165, 1.54) is 12.7 Å². The fourth-order valence-electron chi connectivity index (χ4n) is 3.23. The topological polar surface area (TPSA) is 48.3 Å². The number of carbonyl (C=O) groups excluding carboxylic acids is 2. The normalized spacial score (nSPS) is 11.6. The van der Waals surface area contributed by atoms with Crippen LogP contribution in [0.3, 0.4) is 0 Å². The summed E-state index contributed by atoms with van der Waals surface area (Å²) >= 11 is 0. The number of para-hydroxylation sites is 1. The number of methoxy groups -OCH3 is 1. The molecule has 0 fully saturated rings. The van der Waals surface area contributed by atoms with Gasteiger partial charge >= 0.3 is 5.97 Å². The number of hydrogen-bond donors (Lipinski definition) is 0. The van der Waals surface area contributed by atoms with E-state index in [-0.39, 0.29) is 11.3 Å². The molecule has 26 heavy (non-hydrogen) atoms. The van der Waals surface area contributed by atoms with Crippen LogP contribution < -0.4 is 0 Å². The van der Waals surface area contributed by atoms with Crippen LogP contribution >= 0.6 is 0 Å². The van der Waals surface area contributed by atoms with Crippen molar-refractivity contribution in [2.45, 2.75) is 33.1 Å².